The fourth-order valence-electron chi connectivity index (χ4n) is 4.43. The van der Waals surface area contributed by atoms with Gasteiger partial charge in [-0.3, -0.25) is 4.90 Å². The summed E-state index contributed by atoms with van der Waals surface area (Å²) >= 11 is 0. The van der Waals surface area contributed by atoms with Crippen molar-refractivity contribution in [2.75, 3.05) is 31.6 Å². The molecule has 0 amide bonds. The molecule has 0 radical (unpaired) electrons. The van der Waals surface area contributed by atoms with E-state index in [-0.39, 0.29) is 0 Å². The molecule has 3 heteroatoms. The van der Waals surface area contributed by atoms with Crippen LogP contribution in [0.15, 0.2) is 24.3 Å². The molecule has 4 rings (SSSR count). The van der Waals surface area contributed by atoms with Crippen LogP contribution in [0.2, 0.25) is 0 Å². The molecular weight excluding hydrogens is 260 g/mol. The minimum Gasteiger partial charge on any atom is -0.385 e. The van der Waals surface area contributed by atoms with Crippen LogP contribution in [0.1, 0.15) is 43.6 Å². The molecule has 1 saturated heterocycles. The second kappa shape index (κ2) is 5.98. The molecule has 2 aliphatic heterocycles. The Morgan fingerprint density at radius 3 is 3.05 bits per heavy atom. The standard InChI is InChI=1S/C18H26N2O/c1-2-6-16-15(5-1)14(9-10-19-16)13-20-11-12-21-18-8-4-3-7-17(18)20/h1-2,5-6,14,17-19H,3-4,7-13H2. The number of hydrogen-bond acceptors (Lipinski definition) is 3. The Bertz CT molecular complexity index is 488. The van der Waals surface area contributed by atoms with E-state index in [4.69, 9.17) is 4.74 Å². The van der Waals surface area contributed by atoms with Crippen molar-refractivity contribution in [2.45, 2.75) is 50.2 Å². The van der Waals surface area contributed by atoms with E-state index in [0.29, 0.717) is 18.1 Å². The van der Waals surface area contributed by atoms with Crippen molar-refractivity contribution in [1.29, 1.82) is 0 Å². The SMILES string of the molecule is c1ccc2c(c1)NCCC2CN1CCOC2CCCCC21. The zero-order chi connectivity index (χ0) is 14.1. The molecular formula is C18H26N2O. The Morgan fingerprint density at radius 2 is 2.05 bits per heavy atom. The highest BCUT2D eigenvalue weighted by Gasteiger charge is 2.35. The number of morpholine rings is 1. The first-order chi connectivity index (χ1) is 10.4. The maximum atomic E-state index is 6.02. The first kappa shape index (κ1) is 13.6. The normalized spacial score (nSPS) is 32.9. The van der Waals surface area contributed by atoms with Gasteiger partial charge in [0.1, 0.15) is 0 Å². The lowest BCUT2D eigenvalue weighted by Gasteiger charge is -2.45. The molecule has 3 nitrogen and oxygen atoms in total. The lowest BCUT2D eigenvalue weighted by molar-refractivity contribution is -0.0897. The number of ether oxygens (including phenoxy) is 1. The van der Waals surface area contributed by atoms with Gasteiger partial charge in [-0.15, -0.1) is 0 Å². The van der Waals surface area contributed by atoms with Gasteiger partial charge in [0.05, 0.1) is 12.7 Å². The molecule has 1 aromatic rings. The van der Waals surface area contributed by atoms with Gasteiger partial charge in [0.2, 0.25) is 0 Å². The number of nitrogens with zero attached hydrogens (tertiary/aromatic N) is 1. The number of hydrogen-bond donors (Lipinski definition) is 1. The monoisotopic (exact) mass is 286 g/mol. The van der Waals surface area contributed by atoms with Crippen molar-refractivity contribution >= 4 is 5.69 Å². The Morgan fingerprint density at radius 1 is 1.14 bits per heavy atom. The van der Waals surface area contributed by atoms with Crippen molar-refractivity contribution in [1.82, 2.24) is 4.90 Å². The molecule has 2 heterocycles. The molecule has 0 aromatic heterocycles. The molecule has 3 atom stereocenters. The highest BCUT2D eigenvalue weighted by molar-refractivity contribution is 5.54. The lowest BCUT2D eigenvalue weighted by atomic mass is 9.86. The minimum atomic E-state index is 0.504. The van der Waals surface area contributed by atoms with Crippen molar-refractivity contribution in [3.63, 3.8) is 0 Å². The molecule has 1 aliphatic carbocycles. The maximum absolute atomic E-state index is 6.02. The summed E-state index contributed by atoms with van der Waals surface area (Å²) in [4.78, 5) is 2.74. The summed E-state index contributed by atoms with van der Waals surface area (Å²) in [5.41, 5.74) is 2.87. The van der Waals surface area contributed by atoms with Crippen molar-refractivity contribution in [3.8, 4) is 0 Å². The topological polar surface area (TPSA) is 24.5 Å². The van der Waals surface area contributed by atoms with E-state index in [1.54, 1.807) is 0 Å². The minimum absolute atomic E-state index is 0.504. The van der Waals surface area contributed by atoms with Crippen LogP contribution in [-0.4, -0.2) is 43.3 Å². The summed E-state index contributed by atoms with van der Waals surface area (Å²) in [7, 11) is 0. The van der Waals surface area contributed by atoms with Crippen molar-refractivity contribution in [3.05, 3.63) is 29.8 Å². The summed E-state index contributed by atoms with van der Waals surface area (Å²) in [6, 6.07) is 9.53. The van der Waals surface area contributed by atoms with Crippen LogP contribution < -0.4 is 5.32 Å². The second-order valence-corrected chi connectivity index (χ2v) is 6.76. The third-order valence-corrected chi connectivity index (χ3v) is 5.51. The number of nitrogens with one attached hydrogen (secondary N) is 1. The number of fused-ring (bicyclic) bond motifs is 2. The molecule has 2 fully saturated rings. The zero-order valence-electron chi connectivity index (χ0n) is 12.8. The van der Waals surface area contributed by atoms with Crippen LogP contribution in [0.25, 0.3) is 0 Å². The number of benzene rings is 1. The predicted molar refractivity (Wildman–Crippen MR) is 85.9 cm³/mol. The molecule has 21 heavy (non-hydrogen) atoms. The molecule has 3 unspecified atom stereocenters. The van der Waals surface area contributed by atoms with Gasteiger partial charge >= 0.3 is 0 Å². The molecule has 0 bridgehead atoms. The first-order valence-corrected chi connectivity index (χ1v) is 8.60. The summed E-state index contributed by atoms with van der Waals surface area (Å²) < 4.78 is 6.02. The van der Waals surface area contributed by atoms with Crippen LogP contribution in [0.5, 0.6) is 0 Å². The third kappa shape index (κ3) is 2.69. The first-order valence-electron chi connectivity index (χ1n) is 8.60. The Balaban J connectivity index is 1.50. The van der Waals surface area contributed by atoms with Gasteiger partial charge in [0.25, 0.3) is 0 Å². The highest BCUT2D eigenvalue weighted by Crippen LogP contribution is 2.35. The van der Waals surface area contributed by atoms with Crippen LogP contribution in [-0.2, 0) is 4.74 Å². The smallest absolute Gasteiger partial charge is 0.0730 e. The Kier molecular flexibility index (Phi) is 3.87. The number of para-hydroxylation sites is 1. The van der Waals surface area contributed by atoms with Crippen LogP contribution in [0.4, 0.5) is 5.69 Å². The van der Waals surface area contributed by atoms with Gasteiger partial charge in [-0.25, -0.2) is 0 Å². The predicted octanol–water partition coefficient (Wildman–Crippen LogP) is 3.23. The second-order valence-electron chi connectivity index (χ2n) is 6.76. The highest BCUT2D eigenvalue weighted by atomic mass is 16.5. The van der Waals surface area contributed by atoms with Crippen LogP contribution in [0.3, 0.4) is 0 Å². The van der Waals surface area contributed by atoms with E-state index in [9.17, 15) is 0 Å². The lowest BCUT2D eigenvalue weighted by Crippen LogP contribution is -2.53. The largest absolute Gasteiger partial charge is 0.385 e. The van der Waals surface area contributed by atoms with E-state index < -0.39 is 0 Å². The van der Waals surface area contributed by atoms with Gasteiger partial charge < -0.3 is 10.1 Å². The van der Waals surface area contributed by atoms with E-state index in [1.165, 1.54) is 49.9 Å². The number of anilines is 1. The van der Waals surface area contributed by atoms with Gasteiger partial charge in [-0.1, -0.05) is 31.0 Å². The average Bonchev–Trinajstić information content (AvgIpc) is 2.56. The molecule has 1 aromatic carbocycles. The molecule has 1 saturated carbocycles. The summed E-state index contributed by atoms with van der Waals surface area (Å²) in [5.74, 6) is 0.683. The number of rotatable bonds is 2. The van der Waals surface area contributed by atoms with Crippen LogP contribution in [0, 0.1) is 0 Å². The maximum Gasteiger partial charge on any atom is 0.0730 e. The van der Waals surface area contributed by atoms with Gasteiger partial charge in [0.15, 0.2) is 0 Å². The van der Waals surface area contributed by atoms with Crippen LogP contribution >= 0.6 is 0 Å². The van der Waals surface area contributed by atoms with Crippen molar-refractivity contribution < 1.29 is 4.74 Å². The molecule has 3 aliphatic rings. The quantitative estimate of drug-likeness (QED) is 0.903. The van der Waals surface area contributed by atoms with Gasteiger partial charge in [0, 0.05) is 37.3 Å². The summed E-state index contributed by atoms with van der Waals surface area (Å²) in [5, 5.41) is 3.54. The van der Waals surface area contributed by atoms with E-state index in [2.05, 4.69) is 34.5 Å². The fraction of sp³-hybridized carbons (Fsp3) is 0.667. The van der Waals surface area contributed by atoms with E-state index >= 15 is 0 Å². The Hall–Kier alpha value is -1.06. The fourth-order valence-corrected chi connectivity index (χ4v) is 4.43. The molecule has 0 spiro atoms. The summed E-state index contributed by atoms with van der Waals surface area (Å²) in [6.45, 7) is 4.37. The average molecular weight is 286 g/mol. The Labute approximate surface area is 127 Å². The van der Waals surface area contributed by atoms with E-state index in [0.717, 1.165) is 19.7 Å². The van der Waals surface area contributed by atoms with E-state index in [1.807, 2.05) is 0 Å². The third-order valence-electron chi connectivity index (χ3n) is 5.51. The van der Waals surface area contributed by atoms with Gasteiger partial charge in [-0.2, -0.15) is 0 Å². The summed E-state index contributed by atoms with van der Waals surface area (Å²) in [6.07, 6.45) is 7.09. The molecule has 114 valence electrons. The van der Waals surface area contributed by atoms with Gasteiger partial charge in [-0.05, 0) is 30.9 Å². The molecule has 1 N–H and O–H groups in total. The zero-order valence-corrected chi connectivity index (χ0v) is 12.8. The van der Waals surface area contributed by atoms with Crippen molar-refractivity contribution in [2.24, 2.45) is 0 Å².